The number of H-pyrrole nitrogens is 1. The van der Waals surface area contributed by atoms with Crippen molar-refractivity contribution in [1.29, 1.82) is 0 Å². The van der Waals surface area contributed by atoms with Crippen LogP contribution in [0.5, 0.6) is 17.2 Å². The predicted molar refractivity (Wildman–Crippen MR) is 84.3 cm³/mol. The summed E-state index contributed by atoms with van der Waals surface area (Å²) < 4.78 is 16.0. The summed E-state index contributed by atoms with van der Waals surface area (Å²) in [4.78, 5) is 3.31. The molecule has 0 saturated heterocycles. The molecule has 22 heavy (non-hydrogen) atoms. The van der Waals surface area contributed by atoms with E-state index in [1.165, 1.54) is 0 Å². The van der Waals surface area contributed by atoms with Gasteiger partial charge in [0.15, 0.2) is 11.5 Å². The summed E-state index contributed by atoms with van der Waals surface area (Å²) in [6, 6.07) is 16.1. The predicted octanol–water partition coefficient (Wildman–Crippen LogP) is 4.09. The number of ether oxygens (including phenoxy) is 3. The molecule has 0 spiro atoms. The number of methoxy groups -OCH3 is 1. The zero-order valence-electron chi connectivity index (χ0n) is 12.1. The summed E-state index contributed by atoms with van der Waals surface area (Å²) in [6.07, 6.45) is 2.00. The van der Waals surface area contributed by atoms with Gasteiger partial charge < -0.3 is 19.2 Å². The first-order valence-corrected chi connectivity index (χ1v) is 7.06. The molecule has 0 radical (unpaired) electrons. The van der Waals surface area contributed by atoms with Crippen molar-refractivity contribution < 1.29 is 14.2 Å². The minimum Gasteiger partial charge on any atom is -0.497 e. The molecule has 4 nitrogen and oxygen atoms in total. The molecule has 1 N–H and O–H groups in total. The van der Waals surface area contributed by atoms with E-state index in [4.69, 9.17) is 14.2 Å². The van der Waals surface area contributed by atoms with Gasteiger partial charge in [0.1, 0.15) is 5.75 Å². The van der Waals surface area contributed by atoms with Gasteiger partial charge in [0.25, 0.3) is 0 Å². The van der Waals surface area contributed by atoms with E-state index in [0.717, 1.165) is 39.6 Å². The van der Waals surface area contributed by atoms with E-state index in [0.29, 0.717) is 6.79 Å². The average Bonchev–Trinajstić information content (AvgIpc) is 3.23. The van der Waals surface area contributed by atoms with Crippen molar-refractivity contribution in [3.8, 4) is 39.6 Å². The second-order valence-corrected chi connectivity index (χ2v) is 5.10. The first-order chi connectivity index (χ1) is 10.8. The van der Waals surface area contributed by atoms with E-state index in [1.807, 2.05) is 48.7 Å². The fourth-order valence-electron chi connectivity index (χ4n) is 2.57. The van der Waals surface area contributed by atoms with E-state index in [2.05, 4.69) is 11.1 Å². The van der Waals surface area contributed by atoms with Crippen LogP contribution in [-0.2, 0) is 0 Å². The summed E-state index contributed by atoms with van der Waals surface area (Å²) in [5.41, 5.74) is 4.40. The molecule has 0 unspecified atom stereocenters. The third-order valence-electron chi connectivity index (χ3n) is 3.79. The van der Waals surface area contributed by atoms with Crippen LogP contribution in [0.1, 0.15) is 0 Å². The third kappa shape index (κ3) is 2.19. The van der Waals surface area contributed by atoms with E-state index < -0.39 is 0 Å². The lowest BCUT2D eigenvalue weighted by molar-refractivity contribution is 0.174. The molecule has 0 saturated carbocycles. The SMILES string of the molecule is COc1ccc(-c2cc(-c3ccc4c(c3)OCO4)c[nH]2)cc1. The van der Waals surface area contributed by atoms with Crippen LogP contribution >= 0.6 is 0 Å². The lowest BCUT2D eigenvalue weighted by Crippen LogP contribution is -1.92. The number of hydrogen-bond donors (Lipinski definition) is 1. The monoisotopic (exact) mass is 293 g/mol. The van der Waals surface area contributed by atoms with Gasteiger partial charge in [-0.3, -0.25) is 0 Å². The van der Waals surface area contributed by atoms with Crippen molar-refractivity contribution in [3.05, 3.63) is 54.7 Å². The standard InChI is InChI=1S/C18H15NO3/c1-20-15-5-2-12(3-6-15)16-8-14(10-19-16)13-4-7-17-18(9-13)22-11-21-17/h2-10,19H,11H2,1H3. The first-order valence-electron chi connectivity index (χ1n) is 7.06. The lowest BCUT2D eigenvalue weighted by Gasteiger charge is -2.01. The number of rotatable bonds is 3. The van der Waals surface area contributed by atoms with Crippen molar-refractivity contribution in [2.75, 3.05) is 13.9 Å². The van der Waals surface area contributed by atoms with Crippen LogP contribution in [0.2, 0.25) is 0 Å². The lowest BCUT2D eigenvalue weighted by atomic mass is 10.1. The van der Waals surface area contributed by atoms with E-state index >= 15 is 0 Å². The van der Waals surface area contributed by atoms with Crippen LogP contribution in [0.4, 0.5) is 0 Å². The molecule has 0 bridgehead atoms. The summed E-state index contributed by atoms with van der Waals surface area (Å²) in [6.45, 7) is 0.295. The van der Waals surface area contributed by atoms with Gasteiger partial charge in [-0.25, -0.2) is 0 Å². The third-order valence-corrected chi connectivity index (χ3v) is 3.79. The molecule has 1 aliphatic heterocycles. The number of benzene rings is 2. The van der Waals surface area contributed by atoms with Gasteiger partial charge in [0.2, 0.25) is 6.79 Å². The highest BCUT2D eigenvalue weighted by molar-refractivity contribution is 5.73. The number of hydrogen-bond acceptors (Lipinski definition) is 3. The van der Waals surface area contributed by atoms with Gasteiger partial charge in [0.05, 0.1) is 7.11 Å². The quantitative estimate of drug-likeness (QED) is 0.791. The maximum atomic E-state index is 5.43. The Bertz CT molecular complexity index is 805. The van der Waals surface area contributed by atoms with Gasteiger partial charge in [-0.15, -0.1) is 0 Å². The fraction of sp³-hybridized carbons (Fsp3) is 0.111. The van der Waals surface area contributed by atoms with Gasteiger partial charge in [-0.05, 0) is 59.2 Å². The number of nitrogens with one attached hydrogen (secondary N) is 1. The first kappa shape index (κ1) is 12.8. The fourth-order valence-corrected chi connectivity index (χ4v) is 2.57. The minimum atomic E-state index is 0.295. The van der Waals surface area contributed by atoms with Crippen molar-refractivity contribution in [1.82, 2.24) is 4.98 Å². The molecule has 4 heteroatoms. The zero-order valence-corrected chi connectivity index (χ0v) is 12.1. The highest BCUT2D eigenvalue weighted by Gasteiger charge is 2.14. The van der Waals surface area contributed by atoms with Crippen LogP contribution in [0.15, 0.2) is 54.7 Å². The highest BCUT2D eigenvalue weighted by atomic mass is 16.7. The maximum absolute atomic E-state index is 5.43. The molecule has 0 aliphatic carbocycles. The second kappa shape index (κ2) is 5.15. The highest BCUT2D eigenvalue weighted by Crippen LogP contribution is 2.36. The molecule has 0 atom stereocenters. The Hall–Kier alpha value is -2.88. The topological polar surface area (TPSA) is 43.5 Å². The summed E-state index contributed by atoms with van der Waals surface area (Å²) >= 11 is 0. The molecule has 1 aromatic heterocycles. The van der Waals surface area contributed by atoms with Gasteiger partial charge in [-0.1, -0.05) is 6.07 Å². The molecule has 4 rings (SSSR count). The normalized spacial score (nSPS) is 12.4. The zero-order chi connectivity index (χ0) is 14.9. The molecule has 2 aromatic carbocycles. The Balaban J connectivity index is 1.65. The Labute approximate surface area is 128 Å². The Morgan fingerprint density at radius 2 is 1.64 bits per heavy atom. The van der Waals surface area contributed by atoms with E-state index in [1.54, 1.807) is 7.11 Å². The Morgan fingerprint density at radius 1 is 0.864 bits per heavy atom. The van der Waals surface area contributed by atoms with Crippen molar-refractivity contribution in [2.24, 2.45) is 0 Å². The smallest absolute Gasteiger partial charge is 0.231 e. The molecule has 1 aliphatic rings. The molecule has 110 valence electrons. The Kier molecular flexibility index (Phi) is 3.00. The molecule has 0 amide bonds. The number of aromatic amines is 1. The summed E-state index contributed by atoms with van der Waals surface area (Å²) in [5.74, 6) is 2.45. The van der Waals surface area contributed by atoms with Crippen LogP contribution in [0, 0.1) is 0 Å². The molecule has 2 heterocycles. The number of fused-ring (bicyclic) bond motifs is 1. The van der Waals surface area contributed by atoms with Crippen molar-refractivity contribution in [3.63, 3.8) is 0 Å². The minimum absolute atomic E-state index is 0.295. The summed E-state index contributed by atoms with van der Waals surface area (Å²) in [5, 5.41) is 0. The van der Waals surface area contributed by atoms with Crippen molar-refractivity contribution in [2.45, 2.75) is 0 Å². The molecular weight excluding hydrogens is 278 g/mol. The van der Waals surface area contributed by atoms with Crippen molar-refractivity contribution >= 4 is 0 Å². The summed E-state index contributed by atoms with van der Waals surface area (Å²) in [7, 11) is 1.67. The Morgan fingerprint density at radius 3 is 2.45 bits per heavy atom. The van der Waals surface area contributed by atoms with Crippen LogP contribution in [0.25, 0.3) is 22.4 Å². The second-order valence-electron chi connectivity index (χ2n) is 5.10. The maximum Gasteiger partial charge on any atom is 0.231 e. The van der Waals surface area contributed by atoms with E-state index in [9.17, 15) is 0 Å². The molecular formula is C18H15NO3. The largest absolute Gasteiger partial charge is 0.497 e. The van der Waals surface area contributed by atoms with Crippen LogP contribution in [0.3, 0.4) is 0 Å². The van der Waals surface area contributed by atoms with Gasteiger partial charge >= 0.3 is 0 Å². The van der Waals surface area contributed by atoms with Gasteiger partial charge in [0, 0.05) is 11.9 Å². The number of aromatic nitrogens is 1. The average molecular weight is 293 g/mol. The molecule has 0 fully saturated rings. The van der Waals surface area contributed by atoms with Crippen LogP contribution in [-0.4, -0.2) is 18.9 Å². The van der Waals surface area contributed by atoms with Gasteiger partial charge in [-0.2, -0.15) is 0 Å². The van der Waals surface area contributed by atoms with E-state index in [-0.39, 0.29) is 0 Å². The van der Waals surface area contributed by atoms with Crippen LogP contribution < -0.4 is 14.2 Å². The molecule has 3 aromatic rings.